The number of hydrogen-bond donors (Lipinski definition) is 4. The number of nitrogens with two attached hydrogens (primary N) is 1. The van der Waals surface area contributed by atoms with Crippen molar-refractivity contribution in [3.8, 4) is 0 Å². The normalized spacial score (nSPS) is 9.75. The number of carbonyl (C=O) groups excluding carboxylic acids is 1. The van der Waals surface area contributed by atoms with Crippen LogP contribution in [0.4, 0.5) is 0 Å². The first kappa shape index (κ1) is 8.69. The van der Waals surface area contributed by atoms with Crippen LogP contribution in [0, 0.1) is 0 Å². The number of rotatable bonds is 4. The van der Waals surface area contributed by atoms with Gasteiger partial charge in [0.05, 0.1) is 25.1 Å². The maximum absolute atomic E-state index is 10.6. The summed E-state index contributed by atoms with van der Waals surface area (Å²) in [7, 11) is 0. The summed E-state index contributed by atoms with van der Waals surface area (Å²) in [6.45, 7) is 0.488. The molecule has 0 spiro atoms. The Balaban J connectivity index is 2.15. The summed E-state index contributed by atoms with van der Waals surface area (Å²) in [5.41, 5.74) is 11.1. The molecule has 0 unspecified atom stereocenters. The van der Waals surface area contributed by atoms with Crippen molar-refractivity contribution in [3.63, 3.8) is 0 Å². The summed E-state index contributed by atoms with van der Waals surface area (Å²) in [5.74, 6) is -0.241. The number of aromatic amines is 1. The molecule has 0 atom stereocenters. The molecular weight excluding hydrogens is 158 g/mol. The van der Waals surface area contributed by atoms with E-state index in [1.807, 2.05) is 0 Å². The molecule has 0 saturated carbocycles. The first-order valence-corrected chi connectivity index (χ1v) is 3.52. The van der Waals surface area contributed by atoms with E-state index >= 15 is 0 Å². The second kappa shape index (κ2) is 4.47. The van der Waals surface area contributed by atoms with E-state index in [2.05, 4.69) is 20.8 Å². The first-order valence-electron chi connectivity index (χ1n) is 3.52. The smallest absolute Gasteiger partial charge is 0.247 e. The van der Waals surface area contributed by atoms with Crippen molar-refractivity contribution in [2.75, 3.05) is 6.54 Å². The zero-order valence-corrected chi connectivity index (χ0v) is 6.50. The quantitative estimate of drug-likeness (QED) is 0.412. The van der Waals surface area contributed by atoms with E-state index in [0.29, 0.717) is 6.54 Å². The number of H-pyrrole nitrogens is 1. The molecule has 5 N–H and O–H groups in total. The van der Waals surface area contributed by atoms with E-state index in [4.69, 9.17) is 5.73 Å². The molecule has 66 valence electrons. The van der Waals surface area contributed by atoms with Crippen molar-refractivity contribution in [1.82, 2.24) is 20.8 Å². The van der Waals surface area contributed by atoms with Crippen LogP contribution in [0.3, 0.4) is 0 Å². The minimum absolute atomic E-state index is 0.0179. The molecule has 6 heteroatoms. The molecule has 0 radical (unpaired) electrons. The maximum atomic E-state index is 10.6. The van der Waals surface area contributed by atoms with Crippen LogP contribution in [0.15, 0.2) is 12.5 Å². The average Bonchev–Trinajstić information content (AvgIpc) is 2.57. The summed E-state index contributed by atoms with van der Waals surface area (Å²) in [4.78, 5) is 17.3. The lowest BCUT2D eigenvalue weighted by molar-refractivity contribution is -0.120. The predicted molar refractivity (Wildman–Crippen MR) is 42.6 cm³/mol. The van der Waals surface area contributed by atoms with E-state index in [1.165, 1.54) is 0 Å². The monoisotopic (exact) mass is 169 g/mol. The number of nitrogens with one attached hydrogen (secondary N) is 3. The average molecular weight is 169 g/mol. The van der Waals surface area contributed by atoms with E-state index in [0.717, 1.165) is 5.69 Å². The minimum atomic E-state index is -0.241. The molecule has 0 aliphatic heterocycles. The van der Waals surface area contributed by atoms with Crippen LogP contribution in [0.1, 0.15) is 5.69 Å². The summed E-state index contributed by atoms with van der Waals surface area (Å²) < 4.78 is 0. The molecular formula is C6H11N5O. The van der Waals surface area contributed by atoms with Gasteiger partial charge in [0.25, 0.3) is 0 Å². The van der Waals surface area contributed by atoms with E-state index < -0.39 is 0 Å². The second-order valence-corrected chi connectivity index (χ2v) is 2.18. The Morgan fingerprint density at radius 3 is 3.17 bits per heavy atom. The fraction of sp³-hybridized carbons (Fsp3) is 0.333. The highest BCUT2D eigenvalue weighted by Crippen LogP contribution is 1.86. The van der Waals surface area contributed by atoms with Gasteiger partial charge in [0.15, 0.2) is 0 Å². The van der Waals surface area contributed by atoms with Crippen LogP contribution in [0.5, 0.6) is 0 Å². The molecule has 1 heterocycles. The minimum Gasteiger partial charge on any atom is -0.347 e. The van der Waals surface area contributed by atoms with Gasteiger partial charge < -0.3 is 10.7 Å². The van der Waals surface area contributed by atoms with Crippen molar-refractivity contribution in [2.24, 2.45) is 5.73 Å². The fourth-order valence-corrected chi connectivity index (χ4v) is 0.670. The highest BCUT2D eigenvalue weighted by molar-refractivity contribution is 5.77. The third kappa shape index (κ3) is 2.69. The van der Waals surface area contributed by atoms with Crippen LogP contribution in [-0.2, 0) is 11.3 Å². The van der Waals surface area contributed by atoms with Gasteiger partial charge in [0.1, 0.15) is 0 Å². The van der Waals surface area contributed by atoms with Crippen LogP contribution >= 0.6 is 0 Å². The third-order valence-electron chi connectivity index (χ3n) is 1.25. The largest absolute Gasteiger partial charge is 0.347 e. The van der Waals surface area contributed by atoms with Crippen molar-refractivity contribution < 1.29 is 4.79 Å². The summed E-state index contributed by atoms with van der Waals surface area (Å²) >= 11 is 0. The standard InChI is InChI=1S/C6H11N5O/c7-1-6(12)11-10-3-5-2-8-4-9-5/h2,4,10H,1,3,7H2,(H,8,9)(H,11,12). The number of hydrazine groups is 1. The van der Waals surface area contributed by atoms with E-state index in [-0.39, 0.29) is 12.5 Å². The number of hydrogen-bond acceptors (Lipinski definition) is 4. The number of imidazole rings is 1. The molecule has 1 amide bonds. The summed E-state index contributed by atoms with van der Waals surface area (Å²) in [5, 5.41) is 0. The predicted octanol–water partition coefficient (Wildman–Crippen LogP) is -1.51. The van der Waals surface area contributed by atoms with Gasteiger partial charge in [-0.15, -0.1) is 0 Å². The number of amides is 1. The fourth-order valence-electron chi connectivity index (χ4n) is 0.670. The number of nitrogens with zero attached hydrogens (tertiary/aromatic N) is 1. The molecule has 0 saturated heterocycles. The van der Waals surface area contributed by atoms with Crippen LogP contribution < -0.4 is 16.6 Å². The molecule has 6 nitrogen and oxygen atoms in total. The lowest BCUT2D eigenvalue weighted by atomic mass is 10.5. The highest BCUT2D eigenvalue weighted by atomic mass is 16.2. The molecule has 0 aromatic carbocycles. The molecule has 0 aliphatic carbocycles. The zero-order chi connectivity index (χ0) is 8.81. The van der Waals surface area contributed by atoms with Crippen molar-refractivity contribution in [1.29, 1.82) is 0 Å². The molecule has 1 aromatic heterocycles. The summed E-state index contributed by atoms with van der Waals surface area (Å²) in [6.07, 6.45) is 3.24. The molecule has 1 aromatic rings. The second-order valence-electron chi connectivity index (χ2n) is 2.18. The Kier molecular flexibility index (Phi) is 3.24. The van der Waals surface area contributed by atoms with Gasteiger partial charge in [-0.3, -0.25) is 10.2 Å². The zero-order valence-electron chi connectivity index (χ0n) is 6.50. The van der Waals surface area contributed by atoms with Crippen LogP contribution in [0.25, 0.3) is 0 Å². The van der Waals surface area contributed by atoms with Gasteiger partial charge in [-0.2, -0.15) is 0 Å². The lowest BCUT2D eigenvalue weighted by Crippen LogP contribution is -2.40. The molecule has 0 bridgehead atoms. The van der Waals surface area contributed by atoms with Gasteiger partial charge in [0, 0.05) is 6.20 Å². The van der Waals surface area contributed by atoms with Crippen LogP contribution in [-0.4, -0.2) is 22.4 Å². The van der Waals surface area contributed by atoms with E-state index in [1.54, 1.807) is 12.5 Å². The molecule has 0 aliphatic rings. The highest BCUT2D eigenvalue weighted by Gasteiger charge is 1.95. The number of carbonyl (C=O) groups is 1. The van der Waals surface area contributed by atoms with E-state index in [9.17, 15) is 4.79 Å². The third-order valence-corrected chi connectivity index (χ3v) is 1.25. The Morgan fingerprint density at radius 1 is 1.75 bits per heavy atom. The van der Waals surface area contributed by atoms with Crippen molar-refractivity contribution in [3.05, 3.63) is 18.2 Å². The molecule has 12 heavy (non-hydrogen) atoms. The van der Waals surface area contributed by atoms with Gasteiger partial charge in [-0.25, -0.2) is 10.4 Å². The van der Waals surface area contributed by atoms with Gasteiger partial charge in [-0.05, 0) is 0 Å². The van der Waals surface area contributed by atoms with Crippen molar-refractivity contribution in [2.45, 2.75) is 6.54 Å². The van der Waals surface area contributed by atoms with Gasteiger partial charge in [0.2, 0.25) is 5.91 Å². The van der Waals surface area contributed by atoms with Gasteiger partial charge >= 0.3 is 0 Å². The SMILES string of the molecule is NCC(=O)NNCc1cnc[nH]1. The molecule has 0 fully saturated rings. The lowest BCUT2D eigenvalue weighted by Gasteiger charge is -2.03. The van der Waals surface area contributed by atoms with Crippen LogP contribution in [0.2, 0.25) is 0 Å². The first-order chi connectivity index (χ1) is 5.83. The Bertz CT molecular complexity index is 232. The molecule has 1 rings (SSSR count). The topological polar surface area (TPSA) is 95.8 Å². The van der Waals surface area contributed by atoms with Crippen molar-refractivity contribution >= 4 is 5.91 Å². The Hall–Kier alpha value is -1.40. The maximum Gasteiger partial charge on any atom is 0.247 e. The number of aromatic nitrogens is 2. The Morgan fingerprint density at radius 2 is 2.58 bits per heavy atom. The van der Waals surface area contributed by atoms with Gasteiger partial charge in [-0.1, -0.05) is 0 Å². The Labute approximate surface area is 69.5 Å². The summed E-state index contributed by atoms with van der Waals surface area (Å²) in [6, 6.07) is 0.